The van der Waals surface area contributed by atoms with Crippen molar-refractivity contribution in [3.63, 3.8) is 0 Å². The number of ether oxygens (including phenoxy) is 1. The summed E-state index contributed by atoms with van der Waals surface area (Å²) in [5, 5.41) is 7.58. The Labute approximate surface area is 115 Å². The molecule has 0 bridgehead atoms. The highest BCUT2D eigenvalue weighted by Gasteiger charge is 2.38. The van der Waals surface area contributed by atoms with Crippen molar-refractivity contribution in [3.8, 4) is 0 Å². The lowest BCUT2D eigenvalue weighted by molar-refractivity contribution is 0.0854. The first-order chi connectivity index (χ1) is 9.25. The molecule has 0 amide bonds. The Kier molecular flexibility index (Phi) is 4.93. The van der Waals surface area contributed by atoms with E-state index in [0.717, 1.165) is 51.1 Å². The largest absolute Gasteiger partial charge is 0.373 e. The van der Waals surface area contributed by atoms with Gasteiger partial charge in [0.25, 0.3) is 0 Å². The molecule has 1 aliphatic heterocycles. The summed E-state index contributed by atoms with van der Waals surface area (Å²) in [6, 6.07) is 0. The number of methoxy groups -OCH3 is 1. The van der Waals surface area contributed by atoms with E-state index in [1.54, 1.807) is 7.11 Å². The minimum absolute atomic E-state index is 0.00794. The van der Waals surface area contributed by atoms with E-state index in [1.165, 1.54) is 0 Å². The highest BCUT2D eigenvalue weighted by molar-refractivity contribution is 5.09. The summed E-state index contributed by atoms with van der Waals surface area (Å²) in [5.41, 5.74) is 0.00794. The first-order valence-corrected chi connectivity index (χ1v) is 7.33. The van der Waals surface area contributed by atoms with Crippen molar-refractivity contribution in [3.05, 3.63) is 11.7 Å². The molecular formula is C14H25N3O2. The van der Waals surface area contributed by atoms with E-state index in [1.807, 2.05) is 0 Å². The van der Waals surface area contributed by atoms with Crippen LogP contribution in [0.4, 0.5) is 0 Å². The van der Waals surface area contributed by atoms with Crippen molar-refractivity contribution >= 4 is 0 Å². The van der Waals surface area contributed by atoms with Gasteiger partial charge in [0, 0.05) is 13.7 Å². The Morgan fingerprint density at radius 2 is 2.32 bits per heavy atom. The molecule has 2 atom stereocenters. The number of hydrogen-bond donors (Lipinski definition) is 1. The van der Waals surface area contributed by atoms with Gasteiger partial charge in [0.1, 0.15) is 6.10 Å². The van der Waals surface area contributed by atoms with E-state index in [9.17, 15) is 0 Å². The van der Waals surface area contributed by atoms with E-state index < -0.39 is 0 Å². The molecule has 0 radical (unpaired) electrons. The van der Waals surface area contributed by atoms with Crippen molar-refractivity contribution in [2.45, 2.75) is 57.5 Å². The average molecular weight is 267 g/mol. The standard InChI is InChI=1S/C14H25N3O2/c1-4-7-11(18-3)12-16-13(19-17-12)14(5-2)8-6-9-15-10-14/h11,15H,4-10H2,1-3H3. The molecule has 2 heterocycles. The Balaban J connectivity index is 2.18. The van der Waals surface area contributed by atoms with Crippen molar-refractivity contribution in [2.75, 3.05) is 20.2 Å². The molecule has 0 saturated carbocycles. The van der Waals surface area contributed by atoms with Gasteiger partial charge in [-0.2, -0.15) is 4.98 Å². The monoisotopic (exact) mass is 267 g/mol. The number of hydrogen-bond acceptors (Lipinski definition) is 5. The second-order valence-electron chi connectivity index (χ2n) is 5.38. The highest BCUT2D eigenvalue weighted by Crippen LogP contribution is 2.34. The predicted octanol–water partition coefficient (Wildman–Crippen LogP) is 2.59. The summed E-state index contributed by atoms with van der Waals surface area (Å²) in [7, 11) is 1.70. The normalized spacial score (nSPS) is 25.4. The third-order valence-corrected chi connectivity index (χ3v) is 4.17. The second-order valence-corrected chi connectivity index (χ2v) is 5.38. The minimum Gasteiger partial charge on any atom is -0.373 e. The molecule has 1 saturated heterocycles. The number of nitrogens with zero attached hydrogens (tertiary/aromatic N) is 2. The zero-order valence-corrected chi connectivity index (χ0v) is 12.2. The lowest BCUT2D eigenvalue weighted by Crippen LogP contribution is -2.43. The summed E-state index contributed by atoms with van der Waals surface area (Å²) >= 11 is 0. The zero-order valence-electron chi connectivity index (χ0n) is 12.2. The predicted molar refractivity (Wildman–Crippen MR) is 73.0 cm³/mol. The first-order valence-electron chi connectivity index (χ1n) is 7.33. The van der Waals surface area contributed by atoms with Gasteiger partial charge in [-0.3, -0.25) is 0 Å². The van der Waals surface area contributed by atoms with Gasteiger partial charge in [-0.15, -0.1) is 0 Å². The smallest absolute Gasteiger partial charge is 0.234 e. The van der Waals surface area contributed by atoms with E-state index >= 15 is 0 Å². The Hall–Kier alpha value is -0.940. The Bertz CT molecular complexity index is 386. The SMILES string of the molecule is CCCC(OC)c1noc(C2(CC)CCCNC2)n1. The minimum atomic E-state index is -0.0482. The van der Waals surface area contributed by atoms with Gasteiger partial charge in [0.15, 0.2) is 0 Å². The molecular weight excluding hydrogens is 242 g/mol. The number of rotatable bonds is 6. The maximum Gasteiger partial charge on any atom is 0.234 e. The maximum atomic E-state index is 5.55. The lowest BCUT2D eigenvalue weighted by Gasteiger charge is -2.33. The van der Waals surface area contributed by atoms with Crippen LogP contribution in [0.15, 0.2) is 4.52 Å². The van der Waals surface area contributed by atoms with Crippen LogP contribution in [0.5, 0.6) is 0 Å². The van der Waals surface area contributed by atoms with Crippen molar-refractivity contribution < 1.29 is 9.26 Å². The van der Waals surface area contributed by atoms with Crippen LogP contribution < -0.4 is 5.32 Å². The highest BCUT2D eigenvalue weighted by atomic mass is 16.5. The van der Waals surface area contributed by atoms with Gasteiger partial charge in [0.2, 0.25) is 11.7 Å². The molecule has 1 N–H and O–H groups in total. The van der Waals surface area contributed by atoms with Gasteiger partial charge >= 0.3 is 0 Å². The van der Waals surface area contributed by atoms with Crippen molar-refractivity contribution in [1.82, 2.24) is 15.5 Å². The Morgan fingerprint density at radius 3 is 2.89 bits per heavy atom. The zero-order chi connectivity index (χ0) is 13.7. The van der Waals surface area contributed by atoms with Crippen molar-refractivity contribution in [1.29, 1.82) is 0 Å². The van der Waals surface area contributed by atoms with Crippen LogP contribution in [0.1, 0.15) is 63.8 Å². The molecule has 2 unspecified atom stereocenters. The quantitative estimate of drug-likeness (QED) is 0.858. The molecule has 108 valence electrons. The van der Waals surface area contributed by atoms with E-state index in [2.05, 4.69) is 29.3 Å². The molecule has 0 spiro atoms. The van der Waals surface area contributed by atoms with E-state index in [-0.39, 0.29) is 11.5 Å². The van der Waals surface area contributed by atoms with Crippen LogP contribution in [0.3, 0.4) is 0 Å². The van der Waals surface area contributed by atoms with Gasteiger partial charge in [-0.05, 0) is 32.2 Å². The van der Waals surface area contributed by atoms with Crippen LogP contribution >= 0.6 is 0 Å². The van der Waals surface area contributed by atoms with Crippen LogP contribution in [0.25, 0.3) is 0 Å². The molecule has 1 aliphatic rings. The van der Waals surface area contributed by atoms with E-state index in [4.69, 9.17) is 9.26 Å². The molecule has 0 aliphatic carbocycles. The van der Waals surface area contributed by atoms with Gasteiger partial charge < -0.3 is 14.6 Å². The second kappa shape index (κ2) is 6.48. The number of aromatic nitrogens is 2. The van der Waals surface area contributed by atoms with Crippen LogP contribution in [0, 0.1) is 0 Å². The topological polar surface area (TPSA) is 60.2 Å². The summed E-state index contributed by atoms with van der Waals surface area (Å²) in [4.78, 5) is 4.62. The van der Waals surface area contributed by atoms with Crippen molar-refractivity contribution in [2.24, 2.45) is 0 Å². The fraction of sp³-hybridized carbons (Fsp3) is 0.857. The summed E-state index contributed by atoms with van der Waals surface area (Å²) in [5.74, 6) is 1.47. The summed E-state index contributed by atoms with van der Waals surface area (Å²) in [6.45, 7) is 6.33. The van der Waals surface area contributed by atoms with Crippen LogP contribution in [-0.2, 0) is 10.2 Å². The molecule has 1 aromatic heterocycles. The number of nitrogens with one attached hydrogen (secondary N) is 1. The van der Waals surface area contributed by atoms with E-state index in [0.29, 0.717) is 5.82 Å². The summed E-state index contributed by atoms with van der Waals surface area (Å²) in [6.07, 6.45) is 5.22. The molecule has 1 aromatic rings. The van der Waals surface area contributed by atoms with Crippen LogP contribution in [0.2, 0.25) is 0 Å². The fourth-order valence-corrected chi connectivity index (χ4v) is 2.80. The Morgan fingerprint density at radius 1 is 1.47 bits per heavy atom. The van der Waals surface area contributed by atoms with Gasteiger partial charge in [-0.1, -0.05) is 25.4 Å². The molecule has 5 heteroatoms. The maximum absolute atomic E-state index is 5.55. The summed E-state index contributed by atoms with van der Waals surface area (Å²) < 4.78 is 11.0. The lowest BCUT2D eigenvalue weighted by atomic mass is 9.78. The fourth-order valence-electron chi connectivity index (χ4n) is 2.80. The third kappa shape index (κ3) is 2.98. The number of piperidine rings is 1. The molecule has 5 nitrogen and oxygen atoms in total. The average Bonchev–Trinajstić information content (AvgIpc) is 2.95. The third-order valence-electron chi connectivity index (χ3n) is 4.17. The molecule has 0 aromatic carbocycles. The molecule has 1 fully saturated rings. The van der Waals surface area contributed by atoms with Gasteiger partial charge in [-0.25, -0.2) is 0 Å². The van der Waals surface area contributed by atoms with Crippen LogP contribution in [-0.4, -0.2) is 30.3 Å². The molecule has 19 heavy (non-hydrogen) atoms. The van der Waals surface area contributed by atoms with Gasteiger partial charge in [0.05, 0.1) is 5.41 Å². The molecule has 2 rings (SSSR count). The first kappa shape index (κ1) is 14.5.